The van der Waals surface area contributed by atoms with E-state index in [0.717, 1.165) is 30.5 Å². The number of rotatable bonds is 9. The number of tetrazole rings is 1. The van der Waals surface area contributed by atoms with Crippen molar-refractivity contribution in [2.24, 2.45) is 0 Å². The van der Waals surface area contributed by atoms with Crippen LogP contribution in [-0.2, 0) is 16.1 Å². The molecular weight excluding hydrogens is 467 g/mol. The van der Waals surface area contributed by atoms with Gasteiger partial charge in [0.15, 0.2) is 11.5 Å². The molecule has 1 heterocycles. The van der Waals surface area contributed by atoms with E-state index >= 15 is 0 Å². The number of nitrogens with one attached hydrogen (secondary N) is 1. The molecule has 36 heavy (non-hydrogen) atoms. The summed E-state index contributed by atoms with van der Waals surface area (Å²) in [5.74, 6) is 0.0562. The maximum Gasteiger partial charge on any atom is 0.251 e. The van der Waals surface area contributed by atoms with Crippen molar-refractivity contribution in [1.82, 2.24) is 25.5 Å². The molecule has 0 saturated heterocycles. The third kappa shape index (κ3) is 5.61. The quantitative estimate of drug-likeness (QED) is 0.485. The zero-order chi connectivity index (χ0) is 25.7. The molecule has 2 aromatic carbocycles. The lowest BCUT2D eigenvalue weighted by Gasteiger charge is -2.29. The minimum atomic E-state index is -0.867. The molecule has 3 aromatic rings. The van der Waals surface area contributed by atoms with Crippen molar-refractivity contribution in [2.75, 3.05) is 19.1 Å². The molecule has 1 aliphatic carbocycles. The molecule has 10 nitrogen and oxygen atoms in total. The Morgan fingerprint density at radius 3 is 2.58 bits per heavy atom. The molecule has 2 amide bonds. The molecule has 0 radical (unpaired) electrons. The smallest absolute Gasteiger partial charge is 0.251 e. The van der Waals surface area contributed by atoms with Crippen molar-refractivity contribution in [3.8, 4) is 22.9 Å². The Labute approximate surface area is 208 Å². The lowest BCUT2D eigenvalue weighted by Crippen LogP contribution is -2.51. The van der Waals surface area contributed by atoms with Gasteiger partial charge < -0.3 is 14.8 Å². The van der Waals surface area contributed by atoms with Gasteiger partial charge in [-0.3, -0.25) is 14.5 Å². The number of hydrogen-bond acceptors (Lipinski definition) is 7. The van der Waals surface area contributed by atoms with Crippen molar-refractivity contribution < 1.29 is 23.5 Å². The minimum Gasteiger partial charge on any atom is -0.493 e. The number of anilines is 1. The van der Waals surface area contributed by atoms with Gasteiger partial charge in [0, 0.05) is 17.3 Å². The van der Waals surface area contributed by atoms with Crippen LogP contribution in [0.15, 0.2) is 42.5 Å². The predicted octanol–water partition coefficient (Wildman–Crippen LogP) is 2.98. The van der Waals surface area contributed by atoms with Gasteiger partial charge in [-0.05, 0) is 61.4 Å². The van der Waals surface area contributed by atoms with Gasteiger partial charge in [0.1, 0.15) is 18.4 Å². The van der Waals surface area contributed by atoms with Crippen LogP contribution in [0.2, 0.25) is 0 Å². The number of amides is 2. The molecule has 1 aliphatic rings. The molecule has 1 saturated carbocycles. The summed E-state index contributed by atoms with van der Waals surface area (Å²) in [4.78, 5) is 28.8. The monoisotopic (exact) mass is 496 g/mol. The lowest BCUT2D eigenvalue weighted by atomic mass is 10.1. The molecule has 1 aromatic heterocycles. The summed E-state index contributed by atoms with van der Waals surface area (Å²) < 4.78 is 24.6. The number of carbonyl (C=O) groups excluding carboxylic acids is 2. The van der Waals surface area contributed by atoms with Crippen molar-refractivity contribution in [2.45, 2.75) is 51.2 Å². The highest BCUT2D eigenvalue weighted by Crippen LogP contribution is 2.30. The van der Waals surface area contributed by atoms with Crippen LogP contribution in [0, 0.1) is 5.82 Å². The molecule has 190 valence electrons. The van der Waals surface area contributed by atoms with E-state index < -0.39 is 17.8 Å². The number of halogens is 1. The molecule has 11 heteroatoms. The van der Waals surface area contributed by atoms with Crippen LogP contribution in [-0.4, -0.2) is 58.3 Å². The van der Waals surface area contributed by atoms with Gasteiger partial charge in [-0.15, -0.1) is 10.2 Å². The van der Waals surface area contributed by atoms with Crippen LogP contribution in [0.25, 0.3) is 11.4 Å². The molecule has 4 rings (SSSR count). The Morgan fingerprint density at radius 1 is 1.14 bits per heavy atom. The first-order valence-corrected chi connectivity index (χ1v) is 11.8. The number of aromatic nitrogens is 4. The minimum absolute atomic E-state index is 0.0884. The first-order valence-electron chi connectivity index (χ1n) is 11.8. The van der Waals surface area contributed by atoms with Gasteiger partial charge in [-0.25, -0.2) is 4.39 Å². The topological polar surface area (TPSA) is 111 Å². The van der Waals surface area contributed by atoms with E-state index in [1.54, 1.807) is 31.2 Å². The standard InChI is InChI=1S/C25H29FN6O4/c1-16(25(34)27-19-8-4-5-9-19)32(20-10-6-7-18(26)14-20)23(33)15-31-29-24(28-30-31)17-11-12-21(35-2)22(13-17)36-3/h6-7,10-14,16,19H,4-5,8-9,15H2,1-3H3,(H,27,34)/t16-/m0/s1. The summed E-state index contributed by atoms with van der Waals surface area (Å²) in [5, 5.41) is 15.4. The van der Waals surface area contributed by atoms with Crippen molar-refractivity contribution in [3.05, 3.63) is 48.3 Å². The fraction of sp³-hybridized carbons (Fsp3) is 0.400. The third-order valence-electron chi connectivity index (χ3n) is 6.19. The summed E-state index contributed by atoms with van der Waals surface area (Å²) >= 11 is 0. The van der Waals surface area contributed by atoms with Crippen molar-refractivity contribution in [3.63, 3.8) is 0 Å². The normalized spacial score (nSPS) is 14.3. The second-order valence-corrected chi connectivity index (χ2v) is 8.62. The number of benzene rings is 2. The highest BCUT2D eigenvalue weighted by Gasteiger charge is 2.30. The van der Waals surface area contributed by atoms with E-state index in [4.69, 9.17) is 9.47 Å². The van der Waals surface area contributed by atoms with Crippen LogP contribution in [0.4, 0.5) is 10.1 Å². The van der Waals surface area contributed by atoms with Crippen molar-refractivity contribution >= 4 is 17.5 Å². The zero-order valence-corrected chi connectivity index (χ0v) is 20.5. The Hall–Kier alpha value is -4.02. The van der Waals surface area contributed by atoms with Gasteiger partial charge in [0.05, 0.1) is 14.2 Å². The second-order valence-electron chi connectivity index (χ2n) is 8.62. The molecular formula is C25H29FN6O4. The average Bonchev–Trinajstić information content (AvgIpc) is 3.56. The lowest BCUT2D eigenvalue weighted by molar-refractivity contribution is -0.127. The van der Waals surface area contributed by atoms with E-state index in [1.165, 1.54) is 37.3 Å². The molecule has 0 bridgehead atoms. The molecule has 0 spiro atoms. The highest BCUT2D eigenvalue weighted by atomic mass is 19.1. The van der Waals surface area contributed by atoms with Crippen molar-refractivity contribution in [1.29, 1.82) is 0 Å². The van der Waals surface area contributed by atoms with E-state index in [9.17, 15) is 14.0 Å². The summed E-state index contributed by atoms with van der Waals surface area (Å²) in [6.07, 6.45) is 3.95. The van der Waals surface area contributed by atoms with Gasteiger partial charge in [-0.1, -0.05) is 18.9 Å². The Morgan fingerprint density at radius 2 is 1.89 bits per heavy atom. The van der Waals surface area contributed by atoms with Crippen LogP contribution < -0.4 is 19.7 Å². The summed E-state index contributed by atoms with van der Waals surface area (Å²) in [6.45, 7) is 1.33. The third-order valence-corrected chi connectivity index (χ3v) is 6.19. The average molecular weight is 497 g/mol. The van der Waals surface area contributed by atoms with E-state index in [2.05, 4.69) is 20.7 Å². The summed E-state index contributed by atoms with van der Waals surface area (Å²) in [5.41, 5.74) is 0.895. The Balaban J connectivity index is 1.55. The molecule has 1 fully saturated rings. The molecule has 1 N–H and O–H groups in total. The largest absolute Gasteiger partial charge is 0.493 e. The number of hydrogen-bond donors (Lipinski definition) is 1. The predicted molar refractivity (Wildman–Crippen MR) is 130 cm³/mol. The number of carbonyl (C=O) groups is 2. The van der Waals surface area contributed by atoms with E-state index in [1.807, 2.05) is 0 Å². The van der Waals surface area contributed by atoms with Gasteiger partial charge in [0.2, 0.25) is 11.7 Å². The number of nitrogens with zero attached hydrogens (tertiary/aromatic N) is 5. The fourth-order valence-electron chi connectivity index (χ4n) is 4.32. The van der Waals surface area contributed by atoms with Crippen LogP contribution in [0.5, 0.6) is 11.5 Å². The zero-order valence-electron chi connectivity index (χ0n) is 20.5. The number of ether oxygens (including phenoxy) is 2. The summed E-state index contributed by atoms with van der Waals surface area (Å²) in [6, 6.07) is 9.98. The van der Waals surface area contributed by atoms with Gasteiger partial charge in [-0.2, -0.15) is 4.80 Å². The Bertz CT molecular complexity index is 1230. The Kier molecular flexibility index (Phi) is 7.77. The summed E-state index contributed by atoms with van der Waals surface area (Å²) in [7, 11) is 3.06. The second kappa shape index (κ2) is 11.1. The fourth-order valence-corrected chi connectivity index (χ4v) is 4.32. The van der Waals surface area contributed by atoms with Crippen LogP contribution in [0.3, 0.4) is 0 Å². The first-order chi connectivity index (χ1) is 17.4. The molecule has 0 aliphatic heterocycles. The highest BCUT2D eigenvalue weighted by molar-refractivity contribution is 6.00. The van der Waals surface area contributed by atoms with Gasteiger partial charge >= 0.3 is 0 Å². The van der Waals surface area contributed by atoms with Gasteiger partial charge in [0.25, 0.3) is 5.91 Å². The first kappa shape index (κ1) is 25.1. The number of methoxy groups -OCH3 is 2. The van der Waals surface area contributed by atoms with E-state index in [-0.39, 0.29) is 30.0 Å². The van der Waals surface area contributed by atoms with Crippen LogP contribution >= 0.6 is 0 Å². The molecule has 0 unspecified atom stereocenters. The maximum atomic E-state index is 14.0. The van der Waals surface area contributed by atoms with E-state index in [0.29, 0.717) is 17.1 Å². The maximum absolute atomic E-state index is 14.0. The molecule has 1 atom stereocenters. The SMILES string of the molecule is COc1ccc(-c2nnn(CC(=O)N(c3cccc(F)c3)[C@@H](C)C(=O)NC3CCCC3)n2)cc1OC. The van der Waals surface area contributed by atoms with Crippen LogP contribution in [0.1, 0.15) is 32.6 Å².